The summed E-state index contributed by atoms with van der Waals surface area (Å²) in [6.07, 6.45) is 0. The molecule has 3 rings (SSSR count). The molecule has 0 fully saturated rings. The summed E-state index contributed by atoms with van der Waals surface area (Å²) < 4.78 is 28.1. The number of nitriles is 1. The van der Waals surface area contributed by atoms with E-state index in [9.17, 15) is 18.8 Å². The van der Waals surface area contributed by atoms with Gasteiger partial charge < -0.3 is 0 Å². The number of para-hydroxylation sites is 1. The lowest BCUT2D eigenvalue weighted by Gasteiger charge is -2.23. The summed E-state index contributed by atoms with van der Waals surface area (Å²) in [5.41, 5.74) is 0.353. The number of anilines is 1. The van der Waals surface area contributed by atoms with Gasteiger partial charge in [0, 0.05) is 10.9 Å². The van der Waals surface area contributed by atoms with Gasteiger partial charge in [-0.3, -0.25) is 9.69 Å². The van der Waals surface area contributed by atoms with Crippen LogP contribution in [0.5, 0.6) is 0 Å². The summed E-state index contributed by atoms with van der Waals surface area (Å²) in [5.74, 6) is -2.61. The minimum atomic E-state index is -0.795. The monoisotopic (exact) mass is 371 g/mol. The molecule has 0 aliphatic carbocycles. The molecular formula is C19H12ClF2N3O. The first-order valence-electron chi connectivity index (χ1n) is 7.64. The Balaban J connectivity index is 2.16. The zero-order valence-electron chi connectivity index (χ0n) is 13.4. The van der Waals surface area contributed by atoms with Crippen molar-refractivity contribution in [3.8, 4) is 6.07 Å². The predicted molar refractivity (Wildman–Crippen MR) is 94.7 cm³/mol. The molecule has 0 spiro atoms. The van der Waals surface area contributed by atoms with Gasteiger partial charge in [0.05, 0.1) is 17.6 Å². The maximum Gasteiger partial charge on any atom is 0.243 e. The molecule has 1 heterocycles. The van der Waals surface area contributed by atoms with E-state index in [0.717, 1.165) is 17.0 Å². The van der Waals surface area contributed by atoms with Gasteiger partial charge in [-0.25, -0.2) is 13.8 Å². The molecule has 0 atom stereocenters. The zero-order chi connectivity index (χ0) is 18.7. The average molecular weight is 372 g/mol. The standard InChI is InChI=1S/C19H12ClF2N3O/c20-9-18(26)25(11-14-15(21)5-3-6-16(14)22)19-13(10-23)8-12-4-1-2-7-17(12)24-19/h1-8H,9,11H2. The summed E-state index contributed by atoms with van der Waals surface area (Å²) in [6.45, 7) is -0.427. The van der Waals surface area contributed by atoms with Crippen molar-refractivity contribution in [2.75, 3.05) is 10.8 Å². The van der Waals surface area contributed by atoms with Crippen LogP contribution in [0.25, 0.3) is 10.9 Å². The van der Waals surface area contributed by atoms with Crippen LogP contribution in [-0.4, -0.2) is 16.8 Å². The lowest BCUT2D eigenvalue weighted by Crippen LogP contribution is -2.33. The number of carbonyl (C=O) groups excluding carboxylic acids is 1. The number of benzene rings is 2. The van der Waals surface area contributed by atoms with Crippen LogP contribution >= 0.6 is 11.6 Å². The van der Waals surface area contributed by atoms with Gasteiger partial charge in [-0.2, -0.15) is 5.26 Å². The smallest absolute Gasteiger partial charge is 0.243 e. The number of alkyl halides is 1. The Hall–Kier alpha value is -3.04. The Morgan fingerprint density at radius 3 is 2.50 bits per heavy atom. The van der Waals surface area contributed by atoms with Gasteiger partial charge >= 0.3 is 0 Å². The molecule has 7 heteroatoms. The second kappa shape index (κ2) is 7.46. The molecule has 2 aromatic carbocycles. The number of amides is 1. The molecule has 0 bridgehead atoms. The van der Waals surface area contributed by atoms with Crippen molar-refractivity contribution in [2.24, 2.45) is 0 Å². The van der Waals surface area contributed by atoms with Crippen LogP contribution in [0, 0.1) is 23.0 Å². The van der Waals surface area contributed by atoms with E-state index >= 15 is 0 Å². The molecule has 0 saturated carbocycles. The first-order chi connectivity index (χ1) is 12.5. The number of rotatable bonds is 4. The minimum absolute atomic E-state index is 0.0134. The molecule has 0 radical (unpaired) electrons. The van der Waals surface area contributed by atoms with Crippen molar-refractivity contribution in [1.29, 1.82) is 5.26 Å². The third-order valence-corrected chi connectivity index (χ3v) is 4.10. The average Bonchev–Trinajstić information content (AvgIpc) is 2.66. The largest absolute Gasteiger partial charge is 0.290 e. The highest BCUT2D eigenvalue weighted by Crippen LogP contribution is 2.26. The third-order valence-electron chi connectivity index (χ3n) is 3.87. The number of carbonyl (C=O) groups is 1. The Kier molecular flexibility index (Phi) is 5.10. The van der Waals surface area contributed by atoms with Crippen LogP contribution < -0.4 is 4.90 Å². The fourth-order valence-corrected chi connectivity index (χ4v) is 2.73. The second-order valence-electron chi connectivity index (χ2n) is 5.48. The highest BCUT2D eigenvalue weighted by molar-refractivity contribution is 6.29. The van der Waals surface area contributed by atoms with E-state index in [4.69, 9.17) is 11.6 Å². The van der Waals surface area contributed by atoms with Gasteiger partial charge in [0.25, 0.3) is 0 Å². The maximum absolute atomic E-state index is 14.0. The number of hydrogen-bond acceptors (Lipinski definition) is 3. The van der Waals surface area contributed by atoms with Gasteiger partial charge in [-0.15, -0.1) is 11.6 Å². The fraction of sp³-hybridized carbons (Fsp3) is 0.105. The first kappa shape index (κ1) is 17.8. The number of hydrogen-bond donors (Lipinski definition) is 0. The fourth-order valence-electron chi connectivity index (χ4n) is 2.59. The van der Waals surface area contributed by atoms with Gasteiger partial charge in [0.2, 0.25) is 5.91 Å². The molecule has 0 saturated heterocycles. The van der Waals surface area contributed by atoms with Crippen molar-refractivity contribution in [1.82, 2.24) is 4.98 Å². The number of nitrogens with zero attached hydrogens (tertiary/aromatic N) is 3. The van der Waals surface area contributed by atoms with Gasteiger partial charge in [-0.05, 0) is 24.3 Å². The van der Waals surface area contributed by atoms with Crippen molar-refractivity contribution in [3.63, 3.8) is 0 Å². The highest BCUT2D eigenvalue weighted by atomic mass is 35.5. The Bertz CT molecular complexity index is 1010. The minimum Gasteiger partial charge on any atom is -0.290 e. The molecule has 4 nitrogen and oxygen atoms in total. The van der Waals surface area contributed by atoms with E-state index < -0.39 is 30.0 Å². The maximum atomic E-state index is 14.0. The quantitative estimate of drug-likeness (QED) is 0.647. The Morgan fingerprint density at radius 1 is 1.15 bits per heavy atom. The number of halogens is 3. The Labute approximate surface area is 153 Å². The zero-order valence-corrected chi connectivity index (χ0v) is 14.2. The van der Waals surface area contributed by atoms with Crippen molar-refractivity contribution in [2.45, 2.75) is 6.54 Å². The van der Waals surface area contributed by atoms with E-state index in [0.29, 0.717) is 10.9 Å². The molecule has 0 aliphatic rings. The number of pyridine rings is 1. The van der Waals surface area contributed by atoms with Crippen LogP contribution in [0.1, 0.15) is 11.1 Å². The molecule has 0 N–H and O–H groups in total. The summed E-state index contributed by atoms with van der Waals surface area (Å²) in [6, 6.07) is 14.0. The van der Waals surface area contributed by atoms with E-state index in [1.165, 1.54) is 6.07 Å². The molecule has 26 heavy (non-hydrogen) atoms. The summed E-state index contributed by atoms with van der Waals surface area (Å²) in [5, 5.41) is 10.2. The lowest BCUT2D eigenvalue weighted by atomic mass is 10.1. The normalized spacial score (nSPS) is 10.5. The molecule has 0 aliphatic heterocycles. The van der Waals surface area contributed by atoms with E-state index in [2.05, 4.69) is 4.98 Å². The third kappa shape index (κ3) is 3.35. The summed E-state index contributed by atoms with van der Waals surface area (Å²) in [7, 11) is 0. The molecule has 130 valence electrons. The van der Waals surface area contributed by atoms with Crippen LogP contribution in [-0.2, 0) is 11.3 Å². The lowest BCUT2D eigenvalue weighted by molar-refractivity contribution is -0.116. The van der Waals surface area contributed by atoms with Crippen molar-refractivity contribution < 1.29 is 13.6 Å². The van der Waals surface area contributed by atoms with Crippen LogP contribution in [0.2, 0.25) is 0 Å². The molecule has 1 amide bonds. The van der Waals surface area contributed by atoms with E-state index in [1.54, 1.807) is 30.3 Å². The molecular weight excluding hydrogens is 360 g/mol. The van der Waals surface area contributed by atoms with Crippen LogP contribution in [0.3, 0.4) is 0 Å². The Morgan fingerprint density at radius 2 is 1.85 bits per heavy atom. The van der Waals surface area contributed by atoms with Gasteiger partial charge in [-0.1, -0.05) is 24.3 Å². The highest BCUT2D eigenvalue weighted by Gasteiger charge is 2.23. The second-order valence-corrected chi connectivity index (χ2v) is 5.75. The topological polar surface area (TPSA) is 57.0 Å². The van der Waals surface area contributed by atoms with E-state index in [1.807, 2.05) is 6.07 Å². The molecule has 0 unspecified atom stereocenters. The number of aromatic nitrogens is 1. The summed E-state index contributed by atoms with van der Waals surface area (Å²) in [4.78, 5) is 17.7. The SMILES string of the molecule is N#Cc1cc2ccccc2nc1N(Cc1c(F)cccc1F)C(=O)CCl. The van der Waals surface area contributed by atoms with Crippen molar-refractivity contribution >= 4 is 34.2 Å². The molecule has 3 aromatic rings. The summed E-state index contributed by atoms with van der Waals surface area (Å²) >= 11 is 5.67. The van der Waals surface area contributed by atoms with E-state index in [-0.39, 0.29) is 16.9 Å². The van der Waals surface area contributed by atoms with Crippen LogP contribution in [0.4, 0.5) is 14.6 Å². The van der Waals surface area contributed by atoms with Crippen LogP contribution in [0.15, 0.2) is 48.5 Å². The van der Waals surface area contributed by atoms with Crippen molar-refractivity contribution in [3.05, 3.63) is 71.3 Å². The van der Waals surface area contributed by atoms with Gasteiger partial charge in [0.15, 0.2) is 5.82 Å². The van der Waals surface area contributed by atoms with Gasteiger partial charge in [0.1, 0.15) is 23.6 Å². The molecule has 1 aromatic heterocycles. The first-order valence-corrected chi connectivity index (χ1v) is 8.17. The predicted octanol–water partition coefficient (Wildman–Crippen LogP) is 4.16. The number of fused-ring (bicyclic) bond motifs is 1.